The van der Waals surface area contributed by atoms with Crippen molar-refractivity contribution >= 4 is 5.91 Å². The van der Waals surface area contributed by atoms with Gasteiger partial charge in [-0.15, -0.1) is 0 Å². The zero-order valence-electron chi connectivity index (χ0n) is 9.38. The number of morpholine rings is 1. The second-order valence-corrected chi connectivity index (χ2v) is 4.52. The lowest BCUT2D eigenvalue weighted by Crippen LogP contribution is -2.46. The molecule has 1 unspecified atom stereocenters. The van der Waals surface area contributed by atoms with Crippen LogP contribution in [0.1, 0.15) is 20.3 Å². The molecule has 0 aliphatic carbocycles. The minimum absolute atomic E-state index is 0.0554. The van der Waals surface area contributed by atoms with E-state index in [-0.39, 0.29) is 18.5 Å². The summed E-state index contributed by atoms with van der Waals surface area (Å²) in [6, 6.07) is 0.0977. The van der Waals surface area contributed by atoms with Crippen LogP contribution in [0.2, 0.25) is 0 Å². The van der Waals surface area contributed by atoms with E-state index in [0.29, 0.717) is 19.6 Å². The van der Waals surface area contributed by atoms with Crippen LogP contribution in [0.4, 0.5) is 0 Å². The molecule has 0 radical (unpaired) electrons. The Morgan fingerprint density at radius 3 is 2.93 bits per heavy atom. The molecule has 0 spiro atoms. The third kappa shape index (κ3) is 5.71. The summed E-state index contributed by atoms with van der Waals surface area (Å²) in [5, 5.41) is 15.3. The number of amides is 1. The molecule has 1 saturated heterocycles. The lowest BCUT2D eigenvalue weighted by molar-refractivity contribution is -0.123. The predicted octanol–water partition coefficient (Wildman–Crippen LogP) is -0.748. The number of carbonyl (C=O) groups is 1. The first-order chi connectivity index (χ1) is 6.97. The molecule has 1 fully saturated rings. The predicted molar refractivity (Wildman–Crippen MR) is 56.5 cm³/mol. The zero-order valence-corrected chi connectivity index (χ0v) is 9.38. The van der Waals surface area contributed by atoms with E-state index in [9.17, 15) is 9.90 Å². The zero-order chi connectivity index (χ0) is 11.3. The Morgan fingerprint density at radius 1 is 1.67 bits per heavy atom. The Labute approximate surface area is 90.2 Å². The van der Waals surface area contributed by atoms with Crippen molar-refractivity contribution in [3.05, 3.63) is 0 Å². The first-order valence-electron chi connectivity index (χ1n) is 5.27. The van der Waals surface area contributed by atoms with Crippen molar-refractivity contribution in [1.29, 1.82) is 0 Å². The van der Waals surface area contributed by atoms with Crippen LogP contribution in [-0.4, -0.2) is 49.0 Å². The standard InChI is InChI=1S/C10H20N2O3/c1-10(2,14)7-12-9(13)5-8-6-15-4-3-11-8/h8,11,14H,3-7H2,1-2H3,(H,12,13). The Balaban J connectivity index is 2.17. The Hall–Kier alpha value is -0.650. The number of nitrogens with one attached hydrogen (secondary N) is 2. The molecule has 88 valence electrons. The third-order valence-electron chi connectivity index (χ3n) is 2.15. The second kappa shape index (κ2) is 5.44. The molecular formula is C10H20N2O3. The molecule has 5 heteroatoms. The average Bonchev–Trinajstić information content (AvgIpc) is 2.15. The van der Waals surface area contributed by atoms with Crippen molar-refractivity contribution < 1.29 is 14.6 Å². The van der Waals surface area contributed by atoms with Gasteiger partial charge < -0.3 is 20.5 Å². The fourth-order valence-corrected chi connectivity index (χ4v) is 1.36. The number of carbonyl (C=O) groups excluding carboxylic acids is 1. The number of hydrogen-bond acceptors (Lipinski definition) is 4. The van der Waals surface area contributed by atoms with E-state index in [0.717, 1.165) is 6.54 Å². The largest absolute Gasteiger partial charge is 0.389 e. The lowest BCUT2D eigenvalue weighted by Gasteiger charge is -2.24. The number of rotatable bonds is 4. The molecule has 3 N–H and O–H groups in total. The molecule has 0 saturated carbocycles. The fraction of sp³-hybridized carbons (Fsp3) is 0.900. The molecule has 15 heavy (non-hydrogen) atoms. The van der Waals surface area contributed by atoms with Crippen molar-refractivity contribution in [2.45, 2.75) is 31.9 Å². The van der Waals surface area contributed by atoms with Crippen LogP contribution in [0, 0.1) is 0 Å². The van der Waals surface area contributed by atoms with Crippen LogP contribution in [0.25, 0.3) is 0 Å². The molecule has 1 aliphatic heterocycles. The summed E-state index contributed by atoms with van der Waals surface area (Å²) < 4.78 is 5.24. The van der Waals surface area contributed by atoms with E-state index in [1.54, 1.807) is 13.8 Å². The SMILES string of the molecule is CC(C)(O)CNC(=O)CC1COCCN1. The summed E-state index contributed by atoms with van der Waals surface area (Å²) >= 11 is 0. The normalized spacial score (nSPS) is 22.5. The van der Waals surface area contributed by atoms with Gasteiger partial charge in [0.2, 0.25) is 5.91 Å². The summed E-state index contributed by atoms with van der Waals surface area (Å²) in [6.45, 7) is 5.69. The van der Waals surface area contributed by atoms with Gasteiger partial charge in [0.25, 0.3) is 0 Å². The topological polar surface area (TPSA) is 70.6 Å². The second-order valence-electron chi connectivity index (χ2n) is 4.52. The van der Waals surface area contributed by atoms with E-state index in [4.69, 9.17) is 4.74 Å². The molecule has 1 atom stereocenters. The lowest BCUT2D eigenvalue weighted by atomic mass is 10.1. The molecular weight excluding hydrogens is 196 g/mol. The molecule has 1 rings (SSSR count). The first kappa shape index (κ1) is 12.4. The quantitative estimate of drug-likeness (QED) is 0.578. The number of aliphatic hydroxyl groups is 1. The molecule has 1 amide bonds. The van der Waals surface area contributed by atoms with Crippen LogP contribution < -0.4 is 10.6 Å². The Bertz CT molecular complexity index is 207. The molecule has 1 aliphatic rings. The highest BCUT2D eigenvalue weighted by molar-refractivity contribution is 5.76. The van der Waals surface area contributed by atoms with Gasteiger partial charge in [0.15, 0.2) is 0 Å². The summed E-state index contributed by atoms with van der Waals surface area (Å²) in [7, 11) is 0. The van der Waals surface area contributed by atoms with Gasteiger partial charge in [-0.2, -0.15) is 0 Å². The number of hydrogen-bond donors (Lipinski definition) is 3. The van der Waals surface area contributed by atoms with Crippen molar-refractivity contribution in [3.63, 3.8) is 0 Å². The van der Waals surface area contributed by atoms with Gasteiger partial charge in [-0.05, 0) is 13.8 Å². The Kier molecular flexibility index (Phi) is 4.50. The van der Waals surface area contributed by atoms with E-state index < -0.39 is 5.60 Å². The molecule has 1 heterocycles. The number of ether oxygens (including phenoxy) is 1. The minimum atomic E-state index is -0.855. The van der Waals surface area contributed by atoms with Crippen LogP contribution in [0.15, 0.2) is 0 Å². The van der Waals surface area contributed by atoms with E-state index in [2.05, 4.69) is 10.6 Å². The average molecular weight is 216 g/mol. The molecule has 0 bridgehead atoms. The van der Waals surface area contributed by atoms with Gasteiger partial charge in [-0.1, -0.05) is 0 Å². The van der Waals surface area contributed by atoms with E-state index >= 15 is 0 Å². The molecule has 5 nitrogen and oxygen atoms in total. The van der Waals surface area contributed by atoms with Gasteiger partial charge in [0.1, 0.15) is 0 Å². The van der Waals surface area contributed by atoms with Crippen LogP contribution in [-0.2, 0) is 9.53 Å². The first-order valence-corrected chi connectivity index (χ1v) is 5.27. The fourth-order valence-electron chi connectivity index (χ4n) is 1.36. The van der Waals surface area contributed by atoms with Crippen LogP contribution >= 0.6 is 0 Å². The van der Waals surface area contributed by atoms with Crippen molar-refractivity contribution in [3.8, 4) is 0 Å². The van der Waals surface area contributed by atoms with Gasteiger partial charge >= 0.3 is 0 Å². The maximum Gasteiger partial charge on any atom is 0.221 e. The maximum absolute atomic E-state index is 11.4. The van der Waals surface area contributed by atoms with Crippen LogP contribution in [0.5, 0.6) is 0 Å². The minimum Gasteiger partial charge on any atom is -0.389 e. The molecule has 0 aromatic rings. The van der Waals surface area contributed by atoms with E-state index in [1.807, 2.05) is 0 Å². The smallest absolute Gasteiger partial charge is 0.221 e. The van der Waals surface area contributed by atoms with Crippen molar-refractivity contribution in [1.82, 2.24) is 10.6 Å². The summed E-state index contributed by atoms with van der Waals surface area (Å²) in [5.41, 5.74) is -0.855. The summed E-state index contributed by atoms with van der Waals surface area (Å²) in [4.78, 5) is 11.4. The monoisotopic (exact) mass is 216 g/mol. The third-order valence-corrected chi connectivity index (χ3v) is 2.15. The van der Waals surface area contributed by atoms with Gasteiger partial charge in [-0.25, -0.2) is 0 Å². The van der Waals surface area contributed by atoms with Crippen LogP contribution in [0.3, 0.4) is 0 Å². The maximum atomic E-state index is 11.4. The molecule has 0 aromatic carbocycles. The summed E-state index contributed by atoms with van der Waals surface area (Å²) in [6.07, 6.45) is 0.399. The van der Waals surface area contributed by atoms with E-state index in [1.165, 1.54) is 0 Å². The van der Waals surface area contributed by atoms with Gasteiger partial charge in [0.05, 0.1) is 18.8 Å². The Morgan fingerprint density at radius 2 is 2.40 bits per heavy atom. The highest BCUT2D eigenvalue weighted by atomic mass is 16.5. The highest BCUT2D eigenvalue weighted by Crippen LogP contribution is 2.00. The van der Waals surface area contributed by atoms with Gasteiger partial charge in [-0.3, -0.25) is 4.79 Å². The summed E-state index contributed by atoms with van der Waals surface area (Å²) in [5.74, 6) is -0.0554. The molecule has 0 aromatic heterocycles. The van der Waals surface area contributed by atoms with Crippen molar-refractivity contribution in [2.24, 2.45) is 0 Å². The highest BCUT2D eigenvalue weighted by Gasteiger charge is 2.18. The van der Waals surface area contributed by atoms with Gasteiger partial charge in [0, 0.05) is 25.6 Å². The van der Waals surface area contributed by atoms with Crippen molar-refractivity contribution in [2.75, 3.05) is 26.3 Å².